The largest absolute Gasteiger partial charge is 0.450 e. The third-order valence-electron chi connectivity index (χ3n) is 3.06. The number of alkyl halides is 3. The van der Waals surface area contributed by atoms with E-state index in [0.717, 1.165) is 12.1 Å². The molecule has 2 aromatic rings. The molecule has 0 heterocycles. The van der Waals surface area contributed by atoms with Gasteiger partial charge in [-0.2, -0.15) is 28.8 Å². The molecule has 0 aliphatic rings. The monoisotopic (exact) mass is 462 g/mol. The Kier molecular flexibility index (Phi) is 6.16. The number of nitriles is 2. The van der Waals surface area contributed by atoms with E-state index in [0.29, 0.717) is 0 Å². The second-order valence-corrected chi connectivity index (χ2v) is 5.78. The fourth-order valence-electron chi connectivity index (χ4n) is 1.82. The Labute approximate surface area is 161 Å². The molecule has 144 valence electrons. The van der Waals surface area contributed by atoms with E-state index < -0.39 is 46.3 Å². The Hall–Kier alpha value is -3.25. The van der Waals surface area contributed by atoms with Crippen LogP contribution in [-0.4, -0.2) is 5.71 Å². The van der Waals surface area contributed by atoms with Crippen LogP contribution in [0.5, 0.6) is 11.5 Å². The number of anilines is 1. The lowest BCUT2D eigenvalue weighted by molar-refractivity contribution is -0.138. The van der Waals surface area contributed by atoms with Gasteiger partial charge < -0.3 is 4.74 Å². The SMILES string of the molecule is N#CC(C#N)=NNc1cc(Oc2c(F)cc(C(F)(F)F)cc2F)c(Br)cc1F. The van der Waals surface area contributed by atoms with Crippen LogP contribution in [0.4, 0.5) is 32.0 Å². The first-order chi connectivity index (χ1) is 13.1. The van der Waals surface area contributed by atoms with Gasteiger partial charge in [0.2, 0.25) is 5.71 Å². The van der Waals surface area contributed by atoms with Crippen molar-refractivity contribution < 1.29 is 31.1 Å². The van der Waals surface area contributed by atoms with Crippen molar-refractivity contribution in [1.82, 2.24) is 0 Å². The Morgan fingerprint density at radius 2 is 1.57 bits per heavy atom. The van der Waals surface area contributed by atoms with Crippen LogP contribution in [0.1, 0.15) is 5.56 Å². The number of benzene rings is 2. The molecule has 0 aliphatic heterocycles. The smallest absolute Gasteiger partial charge is 0.416 e. The summed E-state index contributed by atoms with van der Waals surface area (Å²) in [5.41, 5.74) is -0.564. The van der Waals surface area contributed by atoms with E-state index in [2.05, 4.69) is 26.5 Å². The zero-order valence-electron chi connectivity index (χ0n) is 13.2. The van der Waals surface area contributed by atoms with Gasteiger partial charge in [0, 0.05) is 6.07 Å². The molecule has 5 nitrogen and oxygen atoms in total. The number of nitrogens with one attached hydrogen (secondary N) is 1. The van der Waals surface area contributed by atoms with Crippen molar-refractivity contribution in [3.63, 3.8) is 0 Å². The minimum absolute atomic E-state index is 0.0470. The lowest BCUT2D eigenvalue weighted by Crippen LogP contribution is -2.07. The molecule has 0 saturated carbocycles. The topological polar surface area (TPSA) is 81.2 Å². The highest BCUT2D eigenvalue weighted by atomic mass is 79.9. The molecule has 1 N–H and O–H groups in total. The molecule has 0 atom stereocenters. The number of hydrogen-bond donors (Lipinski definition) is 1. The highest BCUT2D eigenvalue weighted by molar-refractivity contribution is 9.10. The summed E-state index contributed by atoms with van der Waals surface area (Å²) in [5.74, 6) is -5.73. The van der Waals surface area contributed by atoms with E-state index in [-0.39, 0.29) is 22.4 Å². The first-order valence-corrected chi connectivity index (χ1v) is 7.73. The lowest BCUT2D eigenvalue weighted by atomic mass is 10.2. The van der Waals surface area contributed by atoms with Crippen molar-refractivity contribution in [2.45, 2.75) is 6.18 Å². The van der Waals surface area contributed by atoms with Crippen LogP contribution < -0.4 is 10.2 Å². The third kappa shape index (κ3) is 4.72. The Bertz CT molecular complexity index is 1000. The van der Waals surface area contributed by atoms with Gasteiger partial charge in [0.1, 0.15) is 23.7 Å². The predicted molar refractivity (Wildman–Crippen MR) is 87.8 cm³/mol. The number of hydrazone groups is 1. The minimum Gasteiger partial charge on any atom is -0.450 e. The van der Waals surface area contributed by atoms with E-state index in [4.69, 9.17) is 15.3 Å². The Morgan fingerprint density at radius 1 is 1.00 bits per heavy atom. The van der Waals surface area contributed by atoms with Gasteiger partial charge in [-0.3, -0.25) is 5.43 Å². The van der Waals surface area contributed by atoms with E-state index in [9.17, 15) is 26.3 Å². The maximum atomic E-state index is 13.9. The zero-order chi connectivity index (χ0) is 21.1. The van der Waals surface area contributed by atoms with Crippen LogP contribution in [0.3, 0.4) is 0 Å². The van der Waals surface area contributed by atoms with Crippen LogP contribution in [0.15, 0.2) is 33.8 Å². The highest BCUT2D eigenvalue weighted by Gasteiger charge is 2.33. The first-order valence-electron chi connectivity index (χ1n) is 6.93. The molecule has 12 heteroatoms. The van der Waals surface area contributed by atoms with Crippen molar-refractivity contribution in [1.29, 1.82) is 10.5 Å². The minimum atomic E-state index is -4.97. The van der Waals surface area contributed by atoms with Gasteiger partial charge in [0.05, 0.1) is 15.7 Å². The number of hydrogen-bond acceptors (Lipinski definition) is 5. The summed E-state index contributed by atoms with van der Waals surface area (Å²) in [5, 5.41) is 20.5. The quantitative estimate of drug-likeness (QED) is 0.370. The summed E-state index contributed by atoms with van der Waals surface area (Å²) in [6.07, 6.45) is -4.97. The zero-order valence-corrected chi connectivity index (χ0v) is 14.8. The van der Waals surface area contributed by atoms with Gasteiger partial charge >= 0.3 is 6.18 Å². The molecule has 0 bridgehead atoms. The van der Waals surface area contributed by atoms with Crippen LogP contribution in [-0.2, 0) is 6.18 Å². The molecule has 28 heavy (non-hydrogen) atoms. The number of halogens is 7. The van der Waals surface area contributed by atoms with Crippen LogP contribution in [0.2, 0.25) is 0 Å². The van der Waals surface area contributed by atoms with E-state index >= 15 is 0 Å². The number of rotatable bonds is 4. The van der Waals surface area contributed by atoms with Gasteiger partial charge in [-0.25, -0.2) is 13.2 Å². The Morgan fingerprint density at radius 3 is 2.07 bits per heavy atom. The molecule has 0 amide bonds. The fraction of sp³-hybridized carbons (Fsp3) is 0.0625. The second kappa shape index (κ2) is 8.19. The molecule has 0 radical (unpaired) electrons. The van der Waals surface area contributed by atoms with E-state index in [1.807, 2.05) is 0 Å². The van der Waals surface area contributed by atoms with Crippen LogP contribution >= 0.6 is 15.9 Å². The summed E-state index contributed by atoms with van der Waals surface area (Å²) in [6, 6.07) is 4.60. The maximum Gasteiger partial charge on any atom is 0.416 e. The molecule has 0 saturated heterocycles. The van der Waals surface area contributed by atoms with Gasteiger partial charge in [-0.15, -0.1) is 0 Å². The predicted octanol–water partition coefficient (Wildman–Crippen LogP) is 5.49. The highest BCUT2D eigenvalue weighted by Crippen LogP contribution is 2.38. The number of nitrogens with zero attached hydrogens (tertiary/aromatic N) is 3. The van der Waals surface area contributed by atoms with Gasteiger partial charge in [-0.1, -0.05) is 0 Å². The maximum absolute atomic E-state index is 13.9. The van der Waals surface area contributed by atoms with Gasteiger partial charge in [0.15, 0.2) is 17.4 Å². The van der Waals surface area contributed by atoms with Crippen LogP contribution in [0.25, 0.3) is 0 Å². The van der Waals surface area contributed by atoms with Crippen molar-refractivity contribution in [2.75, 3.05) is 5.43 Å². The molecule has 2 rings (SSSR count). The van der Waals surface area contributed by atoms with Crippen molar-refractivity contribution in [3.8, 4) is 23.6 Å². The summed E-state index contributed by atoms with van der Waals surface area (Å²) in [6.45, 7) is 0. The summed E-state index contributed by atoms with van der Waals surface area (Å²) in [7, 11) is 0. The second-order valence-electron chi connectivity index (χ2n) is 4.93. The standard InChI is InChI=1S/C16H5BrF6N4O/c17-9-3-10(18)13(27-26-8(5-24)6-25)4-14(9)28-15-11(19)1-7(2-12(15)20)16(21,22)23/h1-4,27H. The molecule has 0 unspecified atom stereocenters. The molecule has 0 aliphatic carbocycles. The third-order valence-corrected chi connectivity index (χ3v) is 3.68. The molecule has 0 spiro atoms. The van der Waals surface area contributed by atoms with Crippen molar-refractivity contribution >= 4 is 27.3 Å². The summed E-state index contributed by atoms with van der Waals surface area (Å²) < 4.78 is 84.3. The summed E-state index contributed by atoms with van der Waals surface area (Å²) in [4.78, 5) is 0. The van der Waals surface area contributed by atoms with Gasteiger partial charge in [-0.05, 0) is 34.1 Å². The molecule has 0 aromatic heterocycles. The molecule has 0 fully saturated rings. The molecule has 2 aromatic carbocycles. The lowest BCUT2D eigenvalue weighted by Gasteiger charge is -2.14. The fourth-order valence-corrected chi connectivity index (χ4v) is 2.21. The van der Waals surface area contributed by atoms with Crippen molar-refractivity contribution in [2.24, 2.45) is 5.10 Å². The van der Waals surface area contributed by atoms with Crippen molar-refractivity contribution in [3.05, 3.63) is 51.8 Å². The molecular weight excluding hydrogens is 458 g/mol. The van der Waals surface area contributed by atoms with E-state index in [1.54, 1.807) is 0 Å². The Balaban J connectivity index is 2.42. The average molecular weight is 463 g/mol. The molecular formula is C16H5BrF6N4O. The van der Waals surface area contributed by atoms with Crippen LogP contribution in [0, 0.1) is 40.1 Å². The number of ether oxygens (including phenoxy) is 1. The average Bonchev–Trinajstić information content (AvgIpc) is 2.60. The summed E-state index contributed by atoms with van der Waals surface area (Å²) >= 11 is 2.88. The van der Waals surface area contributed by atoms with Gasteiger partial charge in [0.25, 0.3) is 0 Å². The normalized spacial score (nSPS) is 10.6. The first kappa shape index (κ1) is 21.1. The van der Waals surface area contributed by atoms with E-state index in [1.165, 1.54) is 12.1 Å².